The van der Waals surface area contributed by atoms with Crippen LogP contribution in [-0.2, 0) is 14.9 Å². The lowest BCUT2D eigenvalue weighted by Crippen LogP contribution is -2.31. The van der Waals surface area contributed by atoms with Crippen molar-refractivity contribution in [3.8, 4) is 0 Å². The lowest BCUT2D eigenvalue weighted by atomic mass is 9.90. The fraction of sp³-hybridized carbons (Fsp3) is 0.250. The molecule has 0 aliphatic rings. The van der Waals surface area contributed by atoms with E-state index in [4.69, 9.17) is 4.74 Å². The van der Waals surface area contributed by atoms with Crippen molar-refractivity contribution in [1.82, 2.24) is 14.3 Å². The van der Waals surface area contributed by atoms with E-state index in [2.05, 4.69) is 25.0 Å². The Balaban J connectivity index is 1.80. The minimum Gasteiger partial charge on any atom is -0.468 e. The van der Waals surface area contributed by atoms with Gasteiger partial charge in [0.15, 0.2) is 11.6 Å². The average Bonchev–Trinajstić information content (AvgIpc) is 3.10. The molecule has 0 saturated heterocycles. The summed E-state index contributed by atoms with van der Waals surface area (Å²) in [7, 11) is 1.30. The van der Waals surface area contributed by atoms with E-state index < -0.39 is 28.9 Å². The predicted octanol–water partition coefficient (Wildman–Crippen LogP) is 3.97. The van der Waals surface area contributed by atoms with Crippen molar-refractivity contribution in [2.75, 3.05) is 17.7 Å². The Morgan fingerprint density at radius 3 is 2.48 bits per heavy atom. The summed E-state index contributed by atoms with van der Waals surface area (Å²) in [6, 6.07) is 3.07. The zero-order valence-electron chi connectivity index (χ0n) is 17.1. The topological polar surface area (TPSA) is 106 Å². The van der Waals surface area contributed by atoms with Gasteiger partial charge in [-0.15, -0.1) is 0 Å². The third-order valence-corrected chi connectivity index (χ3v) is 5.35. The van der Waals surface area contributed by atoms with E-state index in [1.54, 1.807) is 20.8 Å². The van der Waals surface area contributed by atoms with Gasteiger partial charge in [0.2, 0.25) is 0 Å². The lowest BCUT2D eigenvalue weighted by Gasteiger charge is -2.20. The number of benzene rings is 1. The summed E-state index contributed by atoms with van der Waals surface area (Å²) < 4.78 is 35.5. The third-order valence-electron chi connectivity index (χ3n) is 4.50. The molecular weight excluding hydrogens is 428 g/mol. The van der Waals surface area contributed by atoms with Gasteiger partial charge in [-0.25, -0.2) is 13.8 Å². The first-order valence-electron chi connectivity index (χ1n) is 9.04. The van der Waals surface area contributed by atoms with Crippen molar-refractivity contribution in [3.05, 3.63) is 59.2 Å². The minimum atomic E-state index is -1.07. The summed E-state index contributed by atoms with van der Waals surface area (Å²) in [4.78, 5) is 33.1. The molecule has 0 aliphatic heterocycles. The summed E-state index contributed by atoms with van der Waals surface area (Å²) in [5.41, 5.74) is 0.229. The van der Waals surface area contributed by atoms with E-state index in [9.17, 15) is 18.4 Å². The van der Waals surface area contributed by atoms with E-state index in [1.165, 1.54) is 25.6 Å². The average molecular weight is 447 g/mol. The number of ether oxygens (including phenoxy) is 1. The highest BCUT2D eigenvalue weighted by atomic mass is 32.1. The van der Waals surface area contributed by atoms with Crippen molar-refractivity contribution in [3.63, 3.8) is 0 Å². The molecule has 0 radical (unpaired) electrons. The Labute approximate surface area is 180 Å². The molecule has 1 aromatic carbocycles. The number of hydrogen-bond acceptors (Lipinski definition) is 8. The fourth-order valence-corrected chi connectivity index (χ4v) is 3.48. The van der Waals surface area contributed by atoms with Crippen LogP contribution in [0.2, 0.25) is 0 Å². The van der Waals surface area contributed by atoms with Gasteiger partial charge in [-0.2, -0.15) is 4.37 Å². The maximum atomic E-state index is 13.4. The number of amides is 1. The zero-order valence-corrected chi connectivity index (χ0v) is 17.9. The fourth-order valence-electron chi connectivity index (χ4n) is 2.68. The van der Waals surface area contributed by atoms with Crippen LogP contribution in [0.4, 0.5) is 25.3 Å². The number of nitrogens with zero attached hydrogens (tertiary/aromatic N) is 3. The number of methoxy groups -OCH3 is 1. The predicted molar refractivity (Wildman–Crippen MR) is 112 cm³/mol. The molecule has 2 N–H and O–H groups in total. The van der Waals surface area contributed by atoms with Gasteiger partial charge >= 0.3 is 5.97 Å². The number of aryl methyl sites for hydroxylation is 1. The number of esters is 1. The highest BCUT2D eigenvalue weighted by molar-refractivity contribution is 7.10. The Bertz CT molecular complexity index is 1130. The molecule has 0 fully saturated rings. The van der Waals surface area contributed by atoms with Gasteiger partial charge in [0.05, 0.1) is 36.5 Å². The first-order chi connectivity index (χ1) is 14.6. The van der Waals surface area contributed by atoms with Crippen LogP contribution in [0, 0.1) is 18.6 Å². The molecule has 162 valence electrons. The van der Waals surface area contributed by atoms with Crippen molar-refractivity contribution in [1.29, 1.82) is 0 Å². The molecule has 3 rings (SSSR count). The van der Waals surface area contributed by atoms with Crippen LogP contribution in [0.3, 0.4) is 0 Å². The summed E-state index contributed by atoms with van der Waals surface area (Å²) in [5.74, 6) is -2.74. The molecular formula is C20H19F2N5O3S. The Hall–Kier alpha value is -3.47. The van der Waals surface area contributed by atoms with E-state index in [1.807, 2.05) is 0 Å². The molecule has 2 aromatic heterocycles. The Morgan fingerprint density at radius 2 is 1.87 bits per heavy atom. The maximum Gasteiger partial charge on any atom is 0.317 e. The summed E-state index contributed by atoms with van der Waals surface area (Å²) in [6.45, 7) is 4.99. The summed E-state index contributed by atoms with van der Waals surface area (Å²) >= 11 is 1.04. The molecule has 1 amide bonds. The second-order valence-corrected chi connectivity index (χ2v) is 7.86. The summed E-state index contributed by atoms with van der Waals surface area (Å²) in [6.07, 6.45) is 2.86. The van der Waals surface area contributed by atoms with Crippen LogP contribution < -0.4 is 10.6 Å². The van der Waals surface area contributed by atoms with Crippen LogP contribution in [0.15, 0.2) is 30.6 Å². The highest BCUT2D eigenvalue weighted by Gasteiger charge is 2.32. The van der Waals surface area contributed by atoms with Crippen molar-refractivity contribution in [2.24, 2.45) is 0 Å². The van der Waals surface area contributed by atoms with E-state index in [0.29, 0.717) is 22.2 Å². The Morgan fingerprint density at radius 1 is 1.13 bits per heavy atom. The molecule has 31 heavy (non-hydrogen) atoms. The summed E-state index contributed by atoms with van der Waals surface area (Å²) in [5, 5.41) is 5.89. The first kappa shape index (κ1) is 22.2. The second-order valence-electron chi connectivity index (χ2n) is 7.08. The largest absolute Gasteiger partial charge is 0.468 e. The van der Waals surface area contributed by atoms with Gasteiger partial charge < -0.3 is 15.4 Å². The van der Waals surface area contributed by atoms with Crippen LogP contribution in [0.5, 0.6) is 0 Å². The van der Waals surface area contributed by atoms with Crippen LogP contribution in [0.25, 0.3) is 0 Å². The molecule has 3 aromatic rings. The van der Waals surface area contributed by atoms with Crippen molar-refractivity contribution < 1.29 is 23.1 Å². The molecule has 0 spiro atoms. The molecule has 0 aliphatic carbocycles. The Kier molecular flexibility index (Phi) is 6.25. The van der Waals surface area contributed by atoms with Gasteiger partial charge in [0, 0.05) is 11.8 Å². The number of anilines is 3. The van der Waals surface area contributed by atoms with Gasteiger partial charge in [0.25, 0.3) is 5.91 Å². The molecule has 8 nitrogen and oxygen atoms in total. The van der Waals surface area contributed by atoms with Crippen LogP contribution in [-0.4, -0.2) is 33.3 Å². The smallest absolute Gasteiger partial charge is 0.317 e. The normalized spacial score (nSPS) is 11.2. The number of halogens is 2. The SMILES string of the molecule is COC(=O)C(C)(C)c1cnc(Nc2snc(C)c2C(=O)Nc2ccc(F)c(F)c2)cn1. The van der Waals surface area contributed by atoms with Crippen LogP contribution >= 0.6 is 11.5 Å². The van der Waals surface area contributed by atoms with Gasteiger partial charge in [-0.3, -0.25) is 14.6 Å². The lowest BCUT2D eigenvalue weighted by molar-refractivity contribution is -0.146. The maximum absolute atomic E-state index is 13.4. The number of aromatic nitrogens is 3. The number of hydrogen-bond donors (Lipinski definition) is 2. The van der Waals surface area contributed by atoms with Gasteiger partial charge in [-0.1, -0.05) is 0 Å². The quantitative estimate of drug-likeness (QED) is 0.551. The number of nitrogens with one attached hydrogen (secondary N) is 2. The third kappa shape index (κ3) is 4.66. The van der Waals surface area contributed by atoms with E-state index in [0.717, 1.165) is 23.7 Å². The highest BCUT2D eigenvalue weighted by Crippen LogP contribution is 2.29. The second kappa shape index (κ2) is 8.72. The first-order valence-corrected chi connectivity index (χ1v) is 9.81. The number of carbonyl (C=O) groups excluding carboxylic acids is 2. The van der Waals surface area contributed by atoms with E-state index in [-0.39, 0.29) is 11.3 Å². The molecule has 0 atom stereocenters. The van der Waals surface area contributed by atoms with E-state index >= 15 is 0 Å². The van der Waals surface area contributed by atoms with Gasteiger partial charge in [-0.05, 0) is 44.4 Å². The minimum absolute atomic E-state index is 0.106. The monoisotopic (exact) mass is 447 g/mol. The molecule has 11 heteroatoms. The van der Waals surface area contributed by atoms with Gasteiger partial charge in [0.1, 0.15) is 16.2 Å². The zero-order chi connectivity index (χ0) is 22.8. The molecule has 0 bridgehead atoms. The molecule has 0 saturated carbocycles. The standard InChI is InChI=1S/C20H19F2N5O3S/c1-10-16(17(28)25-11-5-6-12(21)13(22)7-11)18(31-27-10)26-15-9-23-14(8-24-15)20(2,3)19(29)30-4/h5-9H,1-4H3,(H,24,26)(H,25,28). The van der Waals surface area contributed by atoms with Crippen LogP contribution in [0.1, 0.15) is 35.6 Å². The molecule has 0 unspecified atom stereocenters. The molecule has 2 heterocycles. The number of rotatable bonds is 6. The van der Waals surface area contributed by atoms with Crippen molar-refractivity contribution in [2.45, 2.75) is 26.2 Å². The van der Waals surface area contributed by atoms with Crippen molar-refractivity contribution >= 4 is 39.9 Å². The number of carbonyl (C=O) groups is 2.